The van der Waals surface area contributed by atoms with Crippen LogP contribution in [0.15, 0.2) is 42.5 Å². The second kappa shape index (κ2) is 15.9. The fourth-order valence-electron chi connectivity index (χ4n) is 4.54. The maximum atomic E-state index is 12.8. The van der Waals surface area contributed by atoms with E-state index >= 15 is 0 Å². The summed E-state index contributed by atoms with van der Waals surface area (Å²) >= 11 is 0. The molecule has 2 aromatic rings. The van der Waals surface area contributed by atoms with Gasteiger partial charge in [-0.3, -0.25) is 4.79 Å². The number of hydrogen-bond donors (Lipinski definition) is 1. The van der Waals surface area contributed by atoms with Crippen molar-refractivity contribution in [2.75, 3.05) is 7.11 Å². The normalized spacial score (nSPS) is 13.2. The number of methoxy groups -OCH3 is 1. The van der Waals surface area contributed by atoms with Crippen molar-refractivity contribution < 1.29 is 9.53 Å². The summed E-state index contributed by atoms with van der Waals surface area (Å²) < 4.78 is 5.52. The molecule has 1 amide bonds. The number of amides is 1. The highest BCUT2D eigenvalue weighted by molar-refractivity contribution is 5.87. The van der Waals surface area contributed by atoms with Crippen molar-refractivity contribution in [1.82, 2.24) is 5.32 Å². The number of unbranched alkanes of at least 4 members (excludes halogenated alkanes) is 11. The molecule has 1 N–H and O–H groups in total. The van der Waals surface area contributed by atoms with Gasteiger partial charge in [-0.05, 0) is 29.7 Å². The minimum absolute atomic E-state index is 0.00370. The molecule has 3 nitrogen and oxygen atoms in total. The van der Waals surface area contributed by atoms with Crippen molar-refractivity contribution >= 4 is 16.7 Å². The average Bonchev–Trinajstić information content (AvgIpc) is 2.81. The number of carbonyl (C=O) groups excluding carboxylic acids is 1. The van der Waals surface area contributed by atoms with Crippen LogP contribution in [-0.2, 0) is 9.53 Å². The fourth-order valence-corrected chi connectivity index (χ4v) is 4.54. The summed E-state index contributed by atoms with van der Waals surface area (Å²) in [7, 11) is 1.65. The number of rotatable bonds is 17. The SMILES string of the molecule is CCCCCCCCCCCCCC[C@H](OC)C(=O)N[C@@H](C)c1cccc2ccccc12. The summed E-state index contributed by atoms with van der Waals surface area (Å²) in [5.74, 6) is -0.00370. The van der Waals surface area contributed by atoms with E-state index in [-0.39, 0.29) is 18.1 Å². The van der Waals surface area contributed by atoms with Gasteiger partial charge in [0, 0.05) is 7.11 Å². The van der Waals surface area contributed by atoms with E-state index in [1.54, 1.807) is 7.11 Å². The smallest absolute Gasteiger partial charge is 0.249 e. The molecule has 0 aromatic heterocycles. The molecular weight excluding hydrogens is 394 g/mol. The molecule has 3 heteroatoms. The minimum atomic E-state index is -0.365. The lowest BCUT2D eigenvalue weighted by Crippen LogP contribution is -2.37. The summed E-state index contributed by atoms with van der Waals surface area (Å²) in [6.07, 6.45) is 16.3. The fraction of sp³-hybridized carbons (Fsp3) is 0.621. The van der Waals surface area contributed by atoms with Gasteiger partial charge < -0.3 is 10.1 Å². The van der Waals surface area contributed by atoms with Crippen LogP contribution in [0, 0.1) is 0 Å². The lowest BCUT2D eigenvalue weighted by atomic mass is 9.99. The van der Waals surface area contributed by atoms with Crippen LogP contribution >= 0.6 is 0 Å². The van der Waals surface area contributed by atoms with E-state index in [0.29, 0.717) is 0 Å². The zero-order valence-electron chi connectivity index (χ0n) is 20.7. The van der Waals surface area contributed by atoms with Crippen molar-refractivity contribution in [2.24, 2.45) is 0 Å². The molecule has 2 rings (SSSR count). The summed E-state index contributed by atoms with van der Waals surface area (Å²) in [5, 5.41) is 5.56. The molecule has 0 fully saturated rings. The third kappa shape index (κ3) is 9.32. The molecule has 0 saturated heterocycles. The molecule has 0 heterocycles. The van der Waals surface area contributed by atoms with Gasteiger partial charge in [0.15, 0.2) is 0 Å². The highest BCUT2D eigenvalue weighted by Gasteiger charge is 2.20. The second-order valence-corrected chi connectivity index (χ2v) is 9.20. The molecule has 2 atom stereocenters. The Labute approximate surface area is 196 Å². The van der Waals surface area contributed by atoms with E-state index in [2.05, 4.69) is 49.5 Å². The van der Waals surface area contributed by atoms with Crippen LogP contribution in [0.4, 0.5) is 0 Å². The van der Waals surface area contributed by atoms with Gasteiger partial charge in [-0.2, -0.15) is 0 Å². The van der Waals surface area contributed by atoms with Gasteiger partial charge in [0.1, 0.15) is 6.10 Å². The first-order chi connectivity index (χ1) is 15.7. The van der Waals surface area contributed by atoms with Gasteiger partial charge in [-0.25, -0.2) is 0 Å². The zero-order chi connectivity index (χ0) is 23.0. The predicted octanol–water partition coefficient (Wildman–Crippen LogP) is 8.12. The van der Waals surface area contributed by atoms with Crippen molar-refractivity contribution in [3.8, 4) is 0 Å². The van der Waals surface area contributed by atoms with Gasteiger partial charge in [0.2, 0.25) is 5.91 Å². The number of ether oxygens (including phenoxy) is 1. The van der Waals surface area contributed by atoms with Crippen LogP contribution in [0.3, 0.4) is 0 Å². The molecule has 0 aliphatic carbocycles. The molecule has 0 aliphatic rings. The molecule has 0 bridgehead atoms. The van der Waals surface area contributed by atoms with Gasteiger partial charge >= 0.3 is 0 Å². The van der Waals surface area contributed by atoms with E-state index in [9.17, 15) is 4.79 Å². The van der Waals surface area contributed by atoms with E-state index in [0.717, 1.165) is 18.4 Å². The number of fused-ring (bicyclic) bond motifs is 1. The summed E-state index contributed by atoms with van der Waals surface area (Å²) in [6.45, 7) is 4.32. The van der Waals surface area contributed by atoms with Crippen molar-refractivity contribution in [1.29, 1.82) is 0 Å². The Morgan fingerprint density at radius 1 is 0.812 bits per heavy atom. The van der Waals surface area contributed by atoms with Crippen LogP contribution in [0.25, 0.3) is 10.8 Å². The van der Waals surface area contributed by atoms with E-state index < -0.39 is 0 Å². The quantitative estimate of drug-likeness (QED) is 0.253. The first-order valence-corrected chi connectivity index (χ1v) is 13.0. The zero-order valence-corrected chi connectivity index (χ0v) is 20.7. The van der Waals surface area contributed by atoms with Crippen LogP contribution in [-0.4, -0.2) is 19.1 Å². The molecular formula is C29H45NO2. The Morgan fingerprint density at radius 2 is 1.38 bits per heavy atom. The molecule has 2 aromatic carbocycles. The summed E-state index contributed by atoms with van der Waals surface area (Å²) in [6, 6.07) is 14.5. The van der Waals surface area contributed by atoms with E-state index in [1.165, 1.54) is 81.4 Å². The minimum Gasteiger partial charge on any atom is -0.372 e. The third-order valence-electron chi connectivity index (χ3n) is 6.55. The number of carbonyl (C=O) groups is 1. The number of benzene rings is 2. The van der Waals surface area contributed by atoms with Gasteiger partial charge in [-0.1, -0.05) is 126 Å². The Kier molecular flexibility index (Phi) is 13.1. The molecule has 0 radical (unpaired) electrons. The molecule has 0 spiro atoms. The molecule has 0 unspecified atom stereocenters. The Hall–Kier alpha value is -1.87. The van der Waals surface area contributed by atoms with Gasteiger partial charge in [0.25, 0.3) is 0 Å². The summed E-state index contributed by atoms with van der Waals surface area (Å²) in [4.78, 5) is 12.8. The molecule has 178 valence electrons. The summed E-state index contributed by atoms with van der Waals surface area (Å²) in [5.41, 5.74) is 1.15. The van der Waals surface area contributed by atoms with Crippen molar-refractivity contribution in [3.63, 3.8) is 0 Å². The maximum Gasteiger partial charge on any atom is 0.249 e. The van der Waals surface area contributed by atoms with Gasteiger partial charge in [-0.15, -0.1) is 0 Å². The predicted molar refractivity (Wildman–Crippen MR) is 137 cm³/mol. The number of hydrogen-bond acceptors (Lipinski definition) is 2. The van der Waals surface area contributed by atoms with Gasteiger partial charge in [0.05, 0.1) is 6.04 Å². The van der Waals surface area contributed by atoms with Crippen molar-refractivity contribution in [2.45, 2.75) is 109 Å². The topological polar surface area (TPSA) is 38.3 Å². The standard InChI is InChI=1S/C29H45NO2/c1-4-5-6-7-8-9-10-11-12-13-14-15-23-28(32-3)29(31)30-24(2)26-22-18-20-25-19-16-17-21-27(25)26/h16-22,24,28H,4-15,23H2,1-3H3,(H,30,31)/t24-,28-/m0/s1. The molecule has 0 aliphatic heterocycles. The Morgan fingerprint density at radius 3 is 2.00 bits per heavy atom. The monoisotopic (exact) mass is 439 g/mol. The Balaban J connectivity index is 1.62. The Bertz CT molecular complexity index is 767. The number of nitrogens with one attached hydrogen (secondary N) is 1. The molecule has 0 saturated carbocycles. The average molecular weight is 440 g/mol. The first kappa shape index (κ1) is 26.4. The first-order valence-electron chi connectivity index (χ1n) is 13.0. The van der Waals surface area contributed by atoms with Crippen LogP contribution in [0.1, 0.15) is 109 Å². The van der Waals surface area contributed by atoms with E-state index in [4.69, 9.17) is 4.74 Å². The van der Waals surface area contributed by atoms with Crippen LogP contribution in [0.5, 0.6) is 0 Å². The molecule has 32 heavy (non-hydrogen) atoms. The third-order valence-corrected chi connectivity index (χ3v) is 6.55. The lowest BCUT2D eigenvalue weighted by Gasteiger charge is -2.21. The highest BCUT2D eigenvalue weighted by atomic mass is 16.5. The van der Waals surface area contributed by atoms with Crippen molar-refractivity contribution in [3.05, 3.63) is 48.0 Å². The lowest BCUT2D eigenvalue weighted by molar-refractivity contribution is -0.132. The van der Waals surface area contributed by atoms with Crippen LogP contribution in [0.2, 0.25) is 0 Å². The highest BCUT2D eigenvalue weighted by Crippen LogP contribution is 2.24. The van der Waals surface area contributed by atoms with E-state index in [1.807, 2.05) is 12.1 Å². The van der Waals surface area contributed by atoms with Crippen LogP contribution < -0.4 is 5.32 Å². The largest absolute Gasteiger partial charge is 0.372 e. The maximum absolute atomic E-state index is 12.8. The second-order valence-electron chi connectivity index (χ2n) is 9.20.